The molecule has 0 spiro atoms. The van der Waals surface area contributed by atoms with Crippen molar-refractivity contribution in [1.29, 1.82) is 0 Å². The van der Waals surface area contributed by atoms with Gasteiger partial charge in [-0.25, -0.2) is 4.79 Å². The molecule has 0 bridgehead atoms. The van der Waals surface area contributed by atoms with Gasteiger partial charge in [-0.1, -0.05) is 23.2 Å². The molecule has 0 aromatic heterocycles. The van der Waals surface area contributed by atoms with Crippen LogP contribution in [0.3, 0.4) is 0 Å². The van der Waals surface area contributed by atoms with Crippen molar-refractivity contribution in [2.75, 3.05) is 0 Å². The lowest BCUT2D eigenvalue weighted by Gasteiger charge is -2.17. The maximum absolute atomic E-state index is 11.5. The fraction of sp³-hybridized carbons (Fsp3) is 0.308. The van der Waals surface area contributed by atoms with Crippen LogP contribution in [0.2, 0.25) is 10.0 Å². The first kappa shape index (κ1) is 14.9. The summed E-state index contributed by atoms with van der Waals surface area (Å²) in [6.07, 6.45) is 2.75. The molecule has 98 valence electrons. The highest BCUT2D eigenvalue weighted by atomic mass is 35.5. The predicted octanol–water partition coefficient (Wildman–Crippen LogP) is 4.05. The number of phenolic OH excluding ortho intramolecular Hbond substituents is 1. The van der Waals surface area contributed by atoms with Crippen molar-refractivity contribution in [1.82, 2.24) is 0 Å². The Bertz CT molecular complexity index is 488. The largest absolute Gasteiger partial charge is 0.506 e. The Morgan fingerprint density at radius 2 is 1.89 bits per heavy atom. The zero-order valence-electron chi connectivity index (χ0n) is 10.3. The van der Waals surface area contributed by atoms with Crippen molar-refractivity contribution >= 4 is 35.2 Å². The van der Waals surface area contributed by atoms with E-state index >= 15 is 0 Å². The van der Waals surface area contributed by atoms with Crippen molar-refractivity contribution < 1.29 is 14.6 Å². The summed E-state index contributed by atoms with van der Waals surface area (Å²) in [7, 11) is 0. The summed E-state index contributed by atoms with van der Waals surface area (Å²) >= 11 is 11.6. The van der Waals surface area contributed by atoms with Gasteiger partial charge in [0.25, 0.3) is 0 Å². The first-order valence-corrected chi connectivity index (χ1v) is 6.04. The zero-order chi connectivity index (χ0) is 13.9. The average Bonchev–Trinajstić information content (AvgIpc) is 2.19. The number of aromatic hydroxyl groups is 1. The molecule has 1 aromatic carbocycles. The Balaban J connectivity index is 2.85. The molecule has 0 aliphatic rings. The van der Waals surface area contributed by atoms with Crippen LogP contribution < -0.4 is 0 Å². The van der Waals surface area contributed by atoms with Crippen LogP contribution in [0, 0.1) is 0 Å². The normalized spacial score (nSPS) is 11.8. The molecule has 1 rings (SSSR count). The number of ether oxygens (including phenoxy) is 1. The standard InChI is InChI=1S/C13H14Cl2O3/c1-13(2,3)18-12(17)5-4-8-6-10(15)11(16)7-9(8)14/h4-7,16H,1-3H3/b5-4+. The topological polar surface area (TPSA) is 46.5 Å². The van der Waals surface area contributed by atoms with Gasteiger partial charge < -0.3 is 9.84 Å². The molecule has 0 heterocycles. The summed E-state index contributed by atoms with van der Waals surface area (Å²) < 4.78 is 5.10. The van der Waals surface area contributed by atoms with Gasteiger partial charge in [0.05, 0.1) is 10.0 Å². The molecule has 0 atom stereocenters. The van der Waals surface area contributed by atoms with Crippen LogP contribution >= 0.6 is 23.2 Å². The summed E-state index contributed by atoms with van der Waals surface area (Å²) in [6, 6.07) is 2.79. The van der Waals surface area contributed by atoms with E-state index in [-0.39, 0.29) is 10.8 Å². The van der Waals surface area contributed by atoms with Crippen molar-refractivity contribution in [3.8, 4) is 5.75 Å². The van der Waals surface area contributed by atoms with Crippen molar-refractivity contribution in [3.63, 3.8) is 0 Å². The fourth-order valence-electron chi connectivity index (χ4n) is 1.17. The molecule has 0 saturated heterocycles. The third-order valence-electron chi connectivity index (χ3n) is 1.87. The first-order chi connectivity index (χ1) is 8.19. The number of hydrogen-bond donors (Lipinski definition) is 1. The van der Waals surface area contributed by atoms with Gasteiger partial charge in [0.2, 0.25) is 0 Å². The van der Waals surface area contributed by atoms with Crippen LogP contribution in [0.4, 0.5) is 0 Å². The summed E-state index contributed by atoms with van der Waals surface area (Å²) in [4.78, 5) is 11.5. The molecule has 1 N–H and O–H groups in total. The molecule has 1 aromatic rings. The number of carbonyl (C=O) groups excluding carboxylic acids is 1. The molecule has 0 radical (unpaired) electrons. The number of halogens is 2. The lowest BCUT2D eigenvalue weighted by Crippen LogP contribution is -2.22. The molecule has 0 amide bonds. The summed E-state index contributed by atoms with van der Waals surface area (Å²) in [5.41, 5.74) is -0.0111. The highest BCUT2D eigenvalue weighted by molar-refractivity contribution is 6.35. The summed E-state index contributed by atoms with van der Waals surface area (Å²) in [5, 5.41) is 9.79. The molecule has 0 aliphatic carbocycles. The van der Waals surface area contributed by atoms with Crippen LogP contribution in [0.25, 0.3) is 6.08 Å². The van der Waals surface area contributed by atoms with E-state index in [4.69, 9.17) is 27.9 Å². The predicted molar refractivity (Wildman–Crippen MR) is 73.0 cm³/mol. The Labute approximate surface area is 116 Å². The number of benzene rings is 1. The summed E-state index contributed by atoms with van der Waals surface area (Å²) in [5.74, 6) is -0.571. The second-order valence-electron chi connectivity index (χ2n) is 4.69. The molecular weight excluding hydrogens is 275 g/mol. The number of hydrogen-bond acceptors (Lipinski definition) is 3. The van der Waals surface area contributed by atoms with Gasteiger partial charge in [0, 0.05) is 12.1 Å². The third kappa shape index (κ3) is 4.59. The van der Waals surface area contributed by atoms with Gasteiger partial charge in [-0.05, 0) is 38.5 Å². The maximum Gasteiger partial charge on any atom is 0.331 e. The molecule has 0 aliphatic heterocycles. The monoisotopic (exact) mass is 288 g/mol. The van der Waals surface area contributed by atoms with E-state index in [1.807, 2.05) is 0 Å². The van der Waals surface area contributed by atoms with E-state index in [9.17, 15) is 9.90 Å². The van der Waals surface area contributed by atoms with Crippen LogP contribution in [0.15, 0.2) is 18.2 Å². The van der Waals surface area contributed by atoms with E-state index in [2.05, 4.69) is 0 Å². The third-order valence-corrected chi connectivity index (χ3v) is 2.50. The molecule has 5 heteroatoms. The van der Waals surface area contributed by atoms with Gasteiger partial charge in [0.1, 0.15) is 11.4 Å². The summed E-state index contributed by atoms with van der Waals surface area (Å²) in [6.45, 7) is 5.34. The molecular formula is C13H14Cl2O3. The van der Waals surface area contributed by atoms with E-state index in [1.165, 1.54) is 24.3 Å². The van der Waals surface area contributed by atoms with Crippen LogP contribution in [0.1, 0.15) is 26.3 Å². The Hall–Kier alpha value is -1.19. The van der Waals surface area contributed by atoms with E-state index in [1.54, 1.807) is 20.8 Å². The first-order valence-electron chi connectivity index (χ1n) is 5.28. The van der Waals surface area contributed by atoms with Crippen molar-refractivity contribution in [2.45, 2.75) is 26.4 Å². The van der Waals surface area contributed by atoms with E-state index < -0.39 is 11.6 Å². The Morgan fingerprint density at radius 1 is 1.28 bits per heavy atom. The number of rotatable bonds is 2. The SMILES string of the molecule is CC(C)(C)OC(=O)/C=C/c1cc(Cl)c(O)cc1Cl. The van der Waals surface area contributed by atoms with Gasteiger partial charge in [-0.2, -0.15) is 0 Å². The van der Waals surface area contributed by atoms with Gasteiger partial charge in [-0.3, -0.25) is 0 Å². The van der Waals surface area contributed by atoms with Crippen LogP contribution in [-0.4, -0.2) is 16.7 Å². The van der Waals surface area contributed by atoms with Gasteiger partial charge in [-0.15, -0.1) is 0 Å². The zero-order valence-corrected chi connectivity index (χ0v) is 11.8. The number of esters is 1. The van der Waals surface area contributed by atoms with E-state index in [0.29, 0.717) is 10.6 Å². The second kappa shape index (κ2) is 5.63. The average molecular weight is 289 g/mol. The number of carbonyl (C=O) groups is 1. The lowest BCUT2D eigenvalue weighted by atomic mass is 10.2. The Kier molecular flexibility index (Phi) is 4.65. The molecule has 3 nitrogen and oxygen atoms in total. The van der Waals surface area contributed by atoms with E-state index in [0.717, 1.165) is 0 Å². The number of phenols is 1. The minimum Gasteiger partial charge on any atom is -0.506 e. The molecule has 0 saturated carbocycles. The highest BCUT2D eigenvalue weighted by Gasteiger charge is 2.14. The highest BCUT2D eigenvalue weighted by Crippen LogP contribution is 2.30. The smallest absolute Gasteiger partial charge is 0.331 e. The van der Waals surface area contributed by atoms with Crippen LogP contribution in [0.5, 0.6) is 5.75 Å². The van der Waals surface area contributed by atoms with Gasteiger partial charge in [0.15, 0.2) is 0 Å². The van der Waals surface area contributed by atoms with Crippen molar-refractivity contribution in [2.24, 2.45) is 0 Å². The Morgan fingerprint density at radius 3 is 2.44 bits per heavy atom. The quantitative estimate of drug-likeness (QED) is 0.660. The fourth-order valence-corrected chi connectivity index (χ4v) is 1.57. The maximum atomic E-state index is 11.5. The van der Waals surface area contributed by atoms with Gasteiger partial charge >= 0.3 is 5.97 Å². The molecule has 0 unspecified atom stereocenters. The van der Waals surface area contributed by atoms with Crippen molar-refractivity contribution in [3.05, 3.63) is 33.8 Å². The van der Waals surface area contributed by atoms with Crippen LogP contribution in [-0.2, 0) is 9.53 Å². The second-order valence-corrected chi connectivity index (χ2v) is 5.51. The molecule has 0 fully saturated rings. The minimum atomic E-state index is -0.544. The lowest BCUT2D eigenvalue weighted by molar-refractivity contribution is -0.148. The minimum absolute atomic E-state index is 0.101. The molecule has 18 heavy (non-hydrogen) atoms.